The molecular formula is C23H21FN4O3. The molecule has 158 valence electrons. The Kier molecular flexibility index (Phi) is 4.99. The predicted octanol–water partition coefficient (Wildman–Crippen LogP) is 3.86. The summed E-state index contributed by atoms with van der Waals surface area (Å²) in [7, 11) is 1.73. The quantitative estimate of drug-likeness (QED) is 0.530. The van der Waals surface area contributed by atoms with Gasteiger partial charge in [0.1, 0.15) is 23.4 Å². The van der Waals surface area contributed by atoms with Crippen molar-refractivity contribution in [2.24, 2.45) is 0 Å². The number of benzene rings is 2. The molecule has 0 amide bonds. The number of rotatable bonds is 5. The van der Waals surface area contributed by atoms with Gasteiger partial charge in [0.15, 0.2) is 0 Å². The number of pyridine rings is 1. The Bertz CT molecular complexity index is 1280. The number of aromatic amines is 1. The van der Waals surface area contributed by atoms with Gasteiger partial charge in [-0.25, -0.2) is 9.07 Å². The van der Waals surface area contributed by atoms with Crippen LogP contribution in [0.1, 0.15) is 19.3 Å². The minimum Gasteiger partial charge on any atom is -0.490 e. The van der Waals surface area contributed by atoms with Crippen molar-refractivity contribution in [1.82, 2.24) is 20.0 Å². The summed E-state index contributed by atoms with van der Waals surface area (Å²) in [5.74, 6) is 0.422. The molecule has 0 aliphatic heterocycles. The van der Waals surface area contributed by atoms with Crippen molar-refractivity contribution in [1.29, 1.82) is 0 Å². The maximum atomic E-state index is 13.6. The lowest BCUT2D eigenvalue weighted by molar-refractivity contribution is 0.0947. The normalized spacial score (nSPS) is 18.5. The summed E-state index contributed by atoms with van der Waals surface area (Å²) in [6.07, 6.45) is 5.00. The van der Waals surface area contributed by atoms with E-state index in [1.54, 1.807) is 24.1 Å². The first-order chi connectivity index (χ1) is 15.1. The first kappa shape index (κ1) is 19.4. The van der Waals surface area contributed by atoms with Crippen LogP contribution in [-0.4, -0.2) is 39.3 Å². The van der Waals surface area contributed by atoms with Crippen molar-refractivity contribution < 1.29 is 13.9 Å². The first-order valence-corrected chi connectivity index (χ1v) is 10.1. The van der Waals surface area contributed by atoms with Gasteiger partial charge in [0.05, 0.1) is 23.6 Å². The monoisotopic (exact) mass is 420 g/mol. The highest BCUT2D eigenvalue weighted by Gasteiger charge is 2.25. The average Bonchev–Trinajstić information content (AvgIpc) is 3.44. The zero-order valence-electron chi connectivity index (χ0n) is 16.9. The molecule has 7 nitrogen and oxygen atoms in total. The fraction of sp³-hybridized carbons (Fsp3) is 0.261. The molecule has 2 heterocycles. The van der Waals surface area contributed by atoms with Gasteiger partial charge >= 0.3 is 0 Å². The Morgan fingerprint density at radius 2 is 1.90 bits per heavy atom. The van der Waals surface area contributed by atoms with Gasteiger partial charge in [-0.2, -0.15) is 0 Å². The molecular weight excluding hydrogens is 399 g/mol. The number of nitrogens with zero attached hydrogens (tertiary/aromatic N) is 3. The Balaban J connectivity index is 1.36. The maximum absolute atomic E-state index is 13.6. The number of aromatic nitrogens is 4. The van der Waals surface area contributed by atoms with Gasteiger partial charge in [0.2, 0.25) is 0 Å². The third-order valence-electron chi connectivity index (χ3n) is 5.65. The van der Waals surface area contributed by atoms with Crippen LogP contribution < -0.4 is 10.3 Å². The molecule has 1 aliphatic carbocycles. The van der Waals surface area contributed by atoms with Crippen LogP contribution in [-0.2, 0) is 4.74 Å². The van der Waals surface area contributed by atoms with Crippen molar-refractivity contribution in [3.05, 3.63) is 70.9 Å². The van der Waals surface area contributed by atoms with Gasteiger partial charge in [-0.3, -0.25) is 4.79 Å². The SMILES string of the molecule is COC1CCC(Oc2ccc(-n3cc(-c4cc5cc(F)ccc5[nH]c4=O)nn3)cc2)C1. The summed E-state index contributed by atoms with van der Waals surface area (Å²) < 4.78 is 26.6. The number of nitrogens with one attached hydrogen (secondary N) is 1. The van der Waals surface area contributed by atoms with Crippen LogP contribution in [0, 0.1) is 5.82 Å². The topological polar surface area (TPSA) is 82.0 Å². The van der Waals surface area contributed by atoms with E-state index in [2.05, 4.69) is 15.3 Å². The van der Waals surface area contributed by atoms with Gasteiger partial charge in [-0.1, -0.05) is 5.21 Å². The van der Waals surface area contributed by atoms with Crippen LogP contribution in [0.25, 0.3) is 27.8 Å². The Hall–Kier alpha value is -3.52. The van der Waals surface area contributed by atoms with Crippen LogP contribution in [0.3, 0.4) is 0 Å². The third-order valence-corrected chi connectivity index (χ3v) is 5.65. The number of methoxy groups -OCH3 is 1. The van der Waals surface area contributed by atoms with Crippen LogP contribution in [0.2, 0.25) is 0 Å². The molecule has 0 saturated heterocycles. The second kappa shape index (κ2) is 7.96. The second-order valence-corrected chi connectivity index (χ2v) is 7.70. The zero-order chi connectivity index (χ0) is 21.4. The fourth-order valence-electron chi connectivity index (χ4n) is 3.97. The Morgan fingerprint density at radius 1 is 1.10 bits per heavy atom. The highest BCUT2D eigenvalue weighted by atomic mass is 19.1. The molecule has 2 atom stereocenters. The Labute approximate surface area is 177 Å². The lowest BCUT2D eigenvalue weighted by Crippen LogP contribution is -2.14. The summed E-state index contributed by atoms with van der Waals surface area (Å²) >= 11 is 0. The van der Waals surface area contributed by atoms with E-state index >= 15 is 0 Å². The van der Waals surface area contributed by atoms with Crippen LogP contribution in [0.15, 0.2) is 59.5 Å². The van der Waals surface area contributed by atoms with E-state index in [9.17, 15) is 9.18 Å². The molecule has 1 N–H and O–H groups in total. The average molecular weight is 420 g/mol. The van der Waals surface area contributed by atoms with Crippen molar-refractivity contribution in [3.63, 3.8) is 0 Å². The standard InChI is InChI=1S/C23H21FN4O3/c1-30-18-7-8-19(12-18)31-17-5-3-16(4-6-17)28-13-22(26-27-28)20-11-14-10-15(24)2-9-21(14)25-23(20)29/h2-6,9-11,13,18-19H,7-8,12H2,1H3,(H,25,29). The lowest BCUT2D eigenvalue weighted by Gasteiger charge is -2.14. The maximum Gasteiger partial charge on any atom is 0.258 e. The molecule has 31 heavy (non-hydrogen) atoms. The van der Waals surface area contributed by atoms with Crippen molar-refractivity contribution in [3.8, 4) is 22.7 Å². The summed E-state index contributed by atoms with van der Waals surface area (Å²) in [5, 5.41) is 8.86. The van der Waals surface area contributed by atoms with Crippen LogP contribution in [0.5, 0.6) is 5.75 Å². The van der Waals surface area contributed by atoms with E-state index in [4.69, 9.17) is 9.47 Å². The molecule has 4 aromatic rings. The predicted molar refractivity (Wildman–Crippen MR) is 114 cm³/mol. The molecule has 0 bridgehead atoms. The molecule has 2 aromatic carbocycles. The van der Waals surface area contributed by atoms with Gasteiger partial charge in [0.25, 0.3) is 5.56 Å². The lowest BCUT2D eigenvalue weighted by atomic mass is 10.1. The van der Waals surface area contributed by atoms with Gasteiger partial charge in [-0.15, -0.1) is 5.10 Å². The summed E-state index contributed by atoms with van der Waals surface area (Å²) in [4.78, 5) is 15.2. The van der Waals surface area contributed by atoms with Gasteiger partial charge < -0.3 is 14.5 Å². The number of H-pyrrole nitrogens is 1. The molecule has 1 aliphatic rings. The minimum absolute atomic E-state index is 0.165. The number of ether oxygens (including phenoxy) is 2. The van der Waals surface area contributed by atoms with E-state index in [0.717, 1.165) is 30.7 Å². The molecule has 0 radical (unpaired) electrons. The Morgan fingerprint density at radius 3 is 2.68 bits per heavy atom. The molecule has 2 unspecified atom stereocenters. The zero-order valence-corrected chi connectivity index (χ0v) is 16.9. The highest BCUT2D eigenvalue weighted by molar-refractivity contribution is 5.82. The largest absolute Gasteiger partial charge is 0.490 e. The van der Waals surface area contributed by atoms with Gasteiger partial charge in [-0.05, 0) is 61.4 Å². The van der Waals surface area contributed by atoms with Crippen molar-refractivity contribution in [2.45, 2.75) is 31.5 Å². The second-order valence-electron chi connectivity index (χ2n) is 7.70. The molecule has 8 heteroatoms. The summed E-state index contributed by atoms with van der Waals surface area (Å²) in [6.45, 7) is 0. The first-order valence-electron chi connectivity index (χ1n) is 10.1. The molecule has 1 saturated carbocycles. The number of fused-ring (bicyclic) bond motifs is 1. The van der Waals surface area contributed by atoms with Crippen LogP contribution in [0.4, 0.5) is 4.39 Å². The van der Waals surface area contributed by atoms with Crippen LogP contribution >= 0.6 is 0 Å². The molecule has 2 aromatic heterocycles. The fourth-order valence-corrected chi connectivity index (χ4v) is 3.97. The van der Waals surface area contributed by atoms with E-state index in [0.29, 0.717) is 22.2 Å². The summed E-state index contributed by atoms with van der Waals surface area (Å²) in [6, 6.07) is 13.4. The summed E-state index contributed by atoms with van der Waals surface area (Å²) in [5.41, 5.74) is 1.79. The van der Waals surface area contributed by atoms with E-state index in [-0.39, 0.29) is 23.6 Å². The van der Waals surface area contributed by atoms with E-state index in [1.165, 1.54) is 18.2 Å². The minimum atomic E-state index is -0.369. The number of hydrogen-bond donors (Lipinski definition) is 1. The highest BCUT2D eigenvalue weighted by Crippen LogP contribution is 2.27. The van der Waals surface area contributed by atoms with E-state index in [1.807, 2.05) is 24.3 Å². The number of halogens is 1. The molecule has 1 fully saturated rings. The van der Waals surface area contributed by atoms with Gasteiger partial charge in [0, 0.05) is 24.4 Å². The van der Waals surface area contributed by atoms with E-state index < -0.39 is 0 Å². The third kappa shape index (κ3) is 3.94. The molecule has 0 spiro atoms. The van der Waals surface area contributed by atoms with Crippen molar-refractivity contribution >= 4 is 10.9 Å². The number of hydrogen-bond acceptors (Lipinski definition) is 5. The van der Waals surface area contributed by atoms with Crippen molar-refractivity contribution in [2.75, 3.05) is 7.11 Å². The smallest absolute Gasteiger partial charge is 0.258 e. The molecule has 5 rings (SSSR count).